The van der Waals surface area contributed by atoms with E-state index in [9.17, 15) is 4.79 Å². The van der Waals surface area contributed by atoms with Crippen LogP contribution in [0.25, 0.3) is 0 Å². The highest BCUT2D eigenvalue weighted by Crippen LogP contribution is 2.11. The van der Waals surface area contributed by atoms with Crippen LogP contribution in [0.15, 0.2) is 23.8 Å². The highest BCUT2D eigenvalue weighted by atomic mass is 16.1. The Kier molecular flexibility index (Phi) is 3.23. The van der Waals surface area contributed by atoms with Crippen molar-refractivity contribution >= 4 is 5.78 Å². The Labute approximate surface area is 73.4 Å². The van der Waals surface area contributed by atoms with Crippen LogP contribution in [0.2, 0.25) is 0 Å². The molecule has 0 saturated heterocycles. The van der Waals surface area contributed by atoms with Crippen LogP contribution in [0.3, 0.4) is 0 Å². The van der Waals surface area contributed by atoms with Gasteiger partial charge in [-0.1, -0.05) is 18.2 Å². The number of hydrogen-bond acceptors (Lipinski definition) is 2. The molecule has 1 unspecified atom stereocenters. The molecule has 0 heterocycles. The van der Waals surface area contributed by atoms with E-state index >= 15 is 0 Å². The quantitative estimate of drug-likeness (QED) is 0.685. The van der Waals surface area contributed by atoms with Crippen LogP contribution in [0.4, 0.5) is 0 Å². The Morgan fingerprint density at radius 1 is 1.58 bits per heavy atom. The van der Waals surface area contributed by atoms with E-state index in [-0.39, 0.29) is 11.8 Å². The Morgan fingerprint density at radius 2 is 2.33 bits per heavy atom. The smallest absolute Gasteiger partial charge is 0.179 e. The Hall–Kier alpha value is -0.890. The van der Waals surface area contributed by atoms with Gasteiger partial charge in [0, 0.05) is 5.57 Å². The lowest BCUT2D eigenvalue weighted by molar-refractivity contribution is -0.116. The van der Waals surface area contributed by atoms with Gasteiger partial charge < -0.3 is 5.32 Å². The maximum atomic E-state index is 11.5. The van der Waals surface area contributed by atoms with E-state index in [4.69, 9.17) is 0 Å². The summed E-state index contributed by atoms with van der Waals surface area (Å²) in [6.45, 7) is 1.88. The predicted octanol–water partition coefficient (Wildman–Crippen LogP) is 1.44. The number of likely N-dealkylation sites (N-methyl/N-ethyl adjacent to an activating group) is 1. The van der Waals surface area contributed by atoms with Crippen molar-refractivity contribution in [2.45, 2.75) is 25.8 Å². The number of Topliss-reactive ketones (excluding diaryl/α,β-unsaturated/α-hetero) is 1. The van der Waals surface area contributed by atoms with E-state index < -0.39 is 0 Å². The zero-order valence-electron chi connectivity index (χ0n) is 7.63. The van der Waals surface area contributed by atoms with Crippen molar-refractivity contribution in [2.24, 2.45) is 0 Å². The molecule has 0 aliphatic heterocycles. The van der Waals surface area contributed by atoms with Gasteiger partial charge in [-0.15, -0.1) is 0 Å². The fraction of sp³-hybridized carbons (Fsp3) is 0.500. The molecule has 0 bridgehead atoms. The highest BCUT2D eigenvalue weighted by Gasteiger charge is 2.14. The lowest BCUT2D eigenvalue weighted by atomic mass is 10.00. The molecule has 1 aliphatic carbocycles. The number of carbonyl (C=O) groups excluding carboxylic acids is 1. The van der Waals surface area contributed by atoms with Gasteiger partial charge in [0.15, 0.2) is 5.78 Å². The third-order valence-corrected chi connectivity index (χ3v) is 2.11. The molecule has 0 aromatic heterocycles. The van der Waals surface area contributed by atoms with E-state index in [0.29, 0.717) is 0 Å². The van der Waals surface area contributed by atoms with Crippen LogP contribution in [-0.4, -0.2) is 18.9 Å². The molecule has 0 aromatic carbocycles. The van der Waals surface area contributed by atoms with Crippen molar-refractivity contribution in [1.29, 1.82) is 0 Å². The molecule has 2 nitrogen and oxygen atoms in total. The molecular formula is C10H15NO. The third kappa shape index (κ3) is 2.05. The summed E-state index contributed by atoms with van der Waals surface area (Å²) in [7, 11) is 1.80. The fourth-order valence-electron chi connectivity index (χ4n) is 1.18. The maximum absolute atomic E-state index is 11.5. The minimum atomic E-state index is -0.0704. The first-order valence-electron chi connectivity index (χ1n) is 4.34. The molecule has 0 fully saturated rings. The summed E-state index contributed by atoms with van der Waals surface area (Å²) < 4.78 is 0. The second-order valence-electron chi connectivity index (χ2n) is 3.01. The number of ketones is 1. The van der Waals surface area contributed by atoms with Gasteiger partial charge in [-0.3, -0.25) is 4.79 Å². The van der Waals surface area contributed by atoms with Crippen LogP contribution < -0.4 is 5.32 Å². The average molecular weight is 165 g/mol. The second-order valence-corrected chi connectivity index (χ2v) is 3.01. The van der Waals surface area contributed by atoms with E-state index in [0.717, 1.165) is 18.4 Å². The molecule has 0 saturated carbocycles. The largest absolute Gasteiger partial charge is 0.310 e. The van der Waals surface area contributed by atoms with Crippen molar-refractivity contribution in [3.8, 4) is 0 Å². The van der Waals surface area contributed by atoms with Crippen LogP contribution >= 0.6 is 0 Å². The van der Waals surface area contributed by atoms with Crippen LogP contribution in [0.5, 0.6) is 0 Å². The second kappa shape index (κ2) is 4.21. The predicted molar refractivity (Wildman–Crippen MR) is 50.0 cm³/mol. The van der Waals surface area contributed by atoms with Gasteiger partial charge in [0.1, 0.15) is 0 Å². The molecule has 1 rings (SSSR count). The van der Waals surface area contributed by atoms with Crippen LogP contribution in [0.1, 0.15) is 19.8 Å². The summed E-state index contributed by atoms with van der Waals surface area (Å²) in [6, 6.07) is -0.0704. The van der Waals surface area contributed by atoms with E-state index in [1.165, 1.54) is 0 Å². The van der Waals surface area contributed by atoms with Gasteiger partial charge in [0.05, 0.1) is 6.04 Å². The first-order valence-corrected chi connectivity index (χ1v) is 4.34. The lowest BCUT2D eigenvalue weighted by Crippen LogP contribution is -2.31. The molecule has 12 heavy (non-hydrogen) atoms. The van der Waals surface area contributed by atoms with Crippen molar-refractivity contribution in [2.75, 3.05) is 7.05 Å². The monoisotopic (exact) mass is 165 g/mol. The molecular weight excluding hydrogens is 150 g/mol. The van der Waals surface area contributed by atoms with Gasteiger partial charge >= 0.3 is 0 Å². The minimum absolute atomic E-state index is 0.0704. The van der Waals surface area contributed by atoms with Crippen molar-refractivity contribution in [3.05, 3.63) is 23.8 Å². The first kappa shape index (κ1) is 9.20. The van der Waals surface area contributed by atoms with E-state index in [2.05, 4.69) is 11.4 Å². The van der Waals surface area contributed by atoms with Crippen molar-refractivity contribution in [1.82, 2.24) is 5.32 Å². The van der Waals surface area contributed by atoms with Crippen molar-refractivity contribution in [3.63, 3.8) is 0 Å². The van der Waals surface area contributed by atoms with Crippen LogP contribution in [0, 0.1) is 0 Å². The number of nitrogens with one attached hydrogen (secondary N) is 1. The lowest BCUT2D eigenvalue weighted by Gasteiger charge is -2.11. The van der Waals surface area contributed by atoms with Gasteiger partial charge in [0.2, 0.25) is 0 Å². The zero-order valence-corrected chi connectivity index (χ0v) is 7.63. The maximum Gasteiger partial charge on any atom is 0.179 e. The summed E-state index contributed by atoms with van der Waals surface area (Å²) >= 11 is 0. The van der Waals surface area contributed by atoms with Gasteiger partial charge in [-0.25, -0.2) is 0 Å². The molecule has 0 radical (unpaired) electrons. The summed E-state index contributed by atoms with van der Waals surface area (Å²) in [4.78, 5) is 11.5. The molecule has 1 N–H and O–H groups in total. The number of hydrogen-bond donors (Lipinski definition) is 1. The molecule has 2 heteroatoms. The van der Waals surface area contributed by atoms with Crippen LogP contribution in [-0.2, 0) is 4.79 Å². The first-order chi connectivity index (χ1) is 5.75. The topological polar surface area (TPSA) is 29.1 Å². The Bertz CT molecular complexity index is 228. The minimum Gasteiger partial charge on any atom is -0.310 e. The summed E-state index contributed by atoms with van der Waals surface area (Å²) in [5.74, 6) is 0.188. The van der Waals surface area contributed by atoms with Crippen molar-refractivity contribution < 1.29 is 4.79 Å². The molecule has 0 amide bonds. The highest BCUT2D eigenvalue weighted by molar-refractivity contribution is 6.01. The van der Waals surface area contributed by atoms with Gasteiger partial charge in [0.25, 0.3) is 0 Å². The summed E-state index contributed by atoms with van der Waals surface area (Å²) in [6.07, 6.45) is 8.03. The molecule has 0 aromatic rings. The fourth-order valence-corrected chi connectivity index (χ4v) is 1.18. The Balaban J connectivity index is 2.63. The zero-order chi connectivity index (χ0) is 8.97. The standard InChI is InChI=1S/C10H15NO/c1-8(11-2)10(12)9-6-4-3-5-7-9/h4,6-8,11H,3,5H2,1-2H3. The molecule has 1 atom stereocenters. The van der Waals surface area contributed by atoms with Gasteiger partial charge in [-0.2, -0.15) is 0 Å². The number of allylic oxidation sites excluding steroid dienone is 3. The molecule has 0 spiro atoms. The number of rotatable bonds is 3. The number of carbonyl (C=O) groups is 1. The van der Waals surface area contributed by atoms with E-state index in [1.807, 2.05) is 19.1 Å². The SMILES string of the molecule is CNC(C)C(=O)C1=CCCC=C1. The molecule has 66 valence electrons. The third-order valence-electron chi connectivity index (χ3n) is 2.11. The summed E-state index contributed by atoms with van der Waals surface area (Å²) in [5.41, 5.74) is 0.850. The average Bonchev–Trinajstić information content (AvgIpc) is 2.17. The summed E-state index contributed by atoms with van der Waals surface area (Å²) in [5, 5.41) is 2.94. The van der Waals surface area contributed by atoms with Gasteiger partial charge in [-0.05, 0) is 26.8 Å². The van der Waals surface area contributed by atoms with E-state index in [1.54, 1.807) is 7.05 Å². The molecule has 1 aliphatic rings. The Morgan fingerprint density at radius 3 is 2.83 bits per heavy atom. The normalized spacial score (nSPS) is 18.7.